The van der Waals surface area contributed by atoms with Crippen molar-refractivity contribution in [2.45, 2.75) is 31.2 Å². The van der Waals surface area contributed by atoms with Crippen molar-refractivity contribution in [2.75, 3.05) is 11.5 Å². The minimum Gasteiger partial charge on any atom is -0.342 e. The summed E-state index contributed by atoms with van der Waals surface area (Å²) >= 11 is 7.56. The van der Waals surface area contributed by atoms with E-state index in [-0.39, 0.29) is 35.1 Å². The molecule has 2 fully saturated rings. The Labute approximate surface area is 180 Å². The van der Waals surface area contributed by atoms with E-state index in [0.717, 1.165) is 16.7 Å². The molecule has 8 heteroatoms. The maximum atomic E-state index is 12.6. The van der Waals surface area contributed by atoms with Crippen LogP contribution in [0.3, 0.4) is 0 Å². The Bertz CT molecular complexity index is 1070. The van der Waals surface area contributed by atoms with Gasteiger partial charge < -0.3 is 4.90 Å². The molecular weight excluding hydrogens is 428 g/mol. The van der Waals surface area contributed by atoms with Gasteiger partial charge in [-0.3, -0.25) is 4.79 Å². The molecule has 2 aliphatic heterocycles. The molecule has 0 unspecified atom stereocenters. The number of thioether (sulfide) groups is 1. The molecule has 0 saturated carbocycles. The van der Waals surface area contributed by atoms with Gasteiger partial charge in [-0.15, -0.1) is 0 Å². The van der Waals surface area contributed by atoms with Crippen LogP contribution in [-0.2, 0) is 27.6 Å². The molecule has 2 atom stereocenters. The van der Waals surface area contributed by atoms with E-state index in [4.69, 9.17) is 11.6 Å². The number of aryl methyl sites for hydroxylation is 1. The summed E-state index contributed by atoms with van der Waals surface area (Å²) in [4.78, 5) is 18.9. The lowest BCUT2D eigenvalue weighted by atomic mass is 10.1. The first-order valence-corrected chi connectivity index (χ1v) is 12.4. The number of sulfone groups is 1. The molecule has 0 aromatic heterocycles. The Morgan fingerprint density at radius 1 is 1.17 bits per heavy atom. The molecule has 4 rings (SSSR count). The molecule has 29 heavy (non-hydrogen) atoms. The van der Waals surface area contributed by atoms with Crippen molar-refractivity contribution >= 4 is 44.3 Å². The topological polar surface area (TPSA) is 66.8 Å². The van der Waals surface area contributed by atoms with Crippen LogP contribution in [0, 0.1) is 6.92 Å². The van der Waals surface area contributed by atoms with Crippen LogP contribution < -0.4 is 0 Å². The fourth-order valence-electron chi connectivity index (χ4n) is 3.66. The lowest BCUT2D eigenvalue weighted by Crippen LogP contribution is -2.37. The van der Waals surface area contributed by atoms with Crippen molar-refractivity contribution in [3.05, 3.63) is 70.2 Å². The van der Waals surface area contributed by atoms with Crippen molar-refractivity contribution < 1.29 is 13.2 Å². The monoisotopic (exact) mass is 448 g/mol. The molecule has 0 N–H and O–H groups in total. The van der Waals surface area contributed by atoms with Crippen LogP contribution in [0.4, 0.5) is 0 Å². The second kappa shape index (κ2) is 8.13. The number of carbonyl (C=O) groups is 1. The number of carbonyl (C=O) groups excluding carboxylic acids is 1. The van der Waals surface area contributed by atoms with Gasteiger partial charge in [-0.2, -0.15) is 4.99 Å². The van der Waals surface area contributed by atoms with Gasteiger partial charge in [0.15, 0.2) is 15.0 Å². The van der Waals surface area contributed by atoms with E-state index in [9.17, 15) is 13.2 Å². The van der Waals surface area contributed by atoms with Crippen LogP contribution in [0.15, 0.2) is 53.5 Å². The van der Waals surface area contributed by atoms with Crippen molar-refractivity contribution in [2.24, 2.45) is 4.99 Å². The average Bonchev–Trinajstić information content (AvgIpc) is 3.11. The maximum absolute atomic E-state index is 12.6. The summed E-state index contributed by atoms with van der Waals surface area (Å²) in [7, 11) is -3.06. The van der Waals surface area contributed by atoms with Crippen molar-refractivity contribution in [3.63, 3.8) is 0 Å². The Balaban J connectivity index is 1.58. The van der Waals surface area contributed by atoms with Crippen LogP contribution in [0.2, 0.25) is 5.02 Å². The molecule has 2 aliphatic rings. The molecule has 2 saturated heterocycles. The largest absolute Gasteiger partial charge is 0.342 e. The fraction of sp³-hybridized carbons (Fsp3) is 0.333. The van der Waals surface area contributed by atoms with Gasteiger partial charge in [0.1, 0.15) is 0 Å². The first-order valence-electron chi connectivity index (χ1n) is 9.35. The highest BCUT2D eigenvalue weighted by molar-refractivity contribution is 8.15. The van der Waals surface area contributed by atoms with E-state index in [1.807, 2.05) is 54.3 Å². The highest BCUT2D eigenvalue weighted by Crippen LogP contribution is 2.39. The van der Waals surface area contributed by atoms with Crippen LogP contribution in [-0.4, -0.2) is 47.2 Å². The second-order valence-electron chi connectivity index (χ2n) is 7.47. The number of aliphatic imine (C=N–C) groups is 1. The molecule has 1 amide bonds. The zero-order chi connectivity index (χ0) is 20.6. The zero-order valence-corrected chi connectivity index (χ0v) is 18.3. The predicted octanol–water partition coefficient (Wildman–Crippen LogP) is 3.49. The van der Waals surface area contributed by atoms with Gasteiger partial charge in [-0.05, 0) is 24.1 Å². The number of amidine groups is 1. The number of rotatable bonds is 4. The fourth-order valence-corrected chi connectivity index (χ4v) is 7.83. The molecule has 5 nitrogen and oxygen atoms in total. The SMILES string of the molecule is Cc1ccc(CN2C(=NC(=O)Cc3ccccc3Cl)S[C@@H]3CS(=O)(=O)C[C@H]32)cc1. The zero-order valence-electron chi connectivity index (χ0n) is 15.9. The lowest BCUT2D eigenvalue weighted by Gasteiger charge is -2.24. The first kappa shape index (κ1) is 20.4. The molecule has 0 spiro atoms. The number of hydrogen-bond donors (Lipinski definition) is 0. The van der Waals surface area contributed by atoms with Crippen molar-refractivity contribution in [1.82, 2.24) is 4.90 Å². The molecule has 2 aromatic carbocycles. The number of amides is 1. The first-order chi connectivity index (χ1) is 13.8. The van der Waals surface area contributed by atoms with E-state index >= 15 is 0 Å². The van der Waals surface area contributed by atoms with Gasteiger partial charge in [0, 0.05) is 16.8 Å². The predicted molar refractivity (Wildman–Crippen MR) is 118 cm³/mol. The van der Waals surface area contributed by atoms with E-state index in [0.29, 0.717) is 16.7 Å². The number of fused-ring (bicyclic) bond motifs is 1. The van der Waals surface area contributed by atoms with Crippen LogP contribution in [0.5, 0.6) is 0 Å². The Morgan fingerprint density at radius 2 is 1.90 bits per heavy atom. The van der Waals surface area contributed by atoms with Crippen LogP contribution >= 0.6 is 23.4 Å². The number of nitrogens with zero attached hydrogens (tertiary/aromatic N) is 2. The summed E-state index contributed by atoms with van der Waals surface area (Å²) in [6.45, 7) is 2.55. The highest BCUT2D eigenvalue weighted by atomic mass is 35.5. The quantitative estimate of drug-likeness (QED) is 0.716. The number of hydrogen-bond acceptors (Lipinski definition) is 4. The minimum atomic E-state index is -3.06. The molecular formula is C21H21ClN2O3S2. The number of benzene rings is 2. The smallest absolute Gasteiger partial charge is 0.252 e. The highest BCUT2D eigenvalue weighted by Gasteiger charge is 2.48. The summed E-state index contributed by atoms with van der Waals surface area (Å²) in [5, 5.41) is 1.06. The minimum absolute atomic E-state index is 0.0858. The van der Waals surface area contributed by atoms with Gasteiger partial charge in [-0.25, -0.2) is 8.42 Å². The van der Waals surface area contributed by atoms with Crippen LogP contribution in [0.25, 0.3) is 0 Å². The van der Waals surface area contributed by atoms with E-state index < -0.39 is 9.84 Å². The molecule has 0 aliphatic carbocycles. The summed E-state index contributed by atoms with van der Waals surface area (Å²) in [6, 6.07) is 15.2. The molecule has 2 heterocycles. The van der Waals surface area contributed by atoms with Gasteiger partial charge in [-0.1, -0.05) is 71.4 Å². The molecule has 2 aromatic rings. The average molecular weight is 449 g/mol. The van der Waals surface area contributed by atoms with Gasteiger partial charge in [0.2, 0.25) is 0 Å². The standard InChI is InChI=1S/C21H21ClN2O3S2/c1-14-6-8-15(9-7-14)11-24-18-12-29(26,27)13-19(18)28-21(24)23-20(25)10-16-4-2-3-5-17(16)22/h2-9,18-19H,10-13H2,1H3/t18-,19-/m1/s1. The molecule has 0 radical (unpaired) electrons. The lowest BCUT2D eigenvalue weighted by molar-refractivity contribution is -0.117. The van der Waals surface area contributed by atoms with Gasteiger partial charge in [0.25, 0.3) is 5.91 Å². The normalized spacial score (nSPS) is 24.1. The molecule has 152 valence electrons. The maximum Gasteiger partial charge on any atom is 0.252 e. The summed E-state index contributed by atoms with van der Waals surface area (Å²) in [6.07, 6.45) is 0.121. The second-order valence-corrected chi connectivity index (χ2v) is 11.2. The Hall–Kier alpha value is -1.83. The van der Waals surface area contributed by atoms with Gasteiger partial charge >= 0.3 is 0 Å². The Kier molecular flexibility index (Phi) is 5.73. The summed E-state index contributed by atoms with van der Waals surface area (Å²) in [5.74, 6) is -0.0454. The van der Waals surface area contributed by atoms with E-state index in [2.05, 4.69) is 4.99 Å². The third-order valence-electron chi connectivity index (χ3n) is 5.17. The third-order valence-corrected chi connectivity index (χ3v) is 8.78. The third kappa shape index (κ3) is 4.68. The van der Waals surface area contributed by atoms with Crippen molar-refractivity contribution in [1.29, 1.82) is 0 Å². The summed E-state index contributed by atoms with van der Waals surface area (Å²) in [5.41, 5.74) is 2.96. The van der Waals surface area contributed by atoms with Crippen LogP contribution in [0.1, 0.15) is 16.7 Å². The van der Waals surface area contributed by atoms with Crippen molar-refractivity contribution in [3.8, 4) is 0 Å². The van der Waals surface area contributed by atoms with Gasteiger partial charge in [0.05, 0.1) is 24.0 Å². The van der Waals surface area contributed by atoms with E-state index in [1.54, 1.807) is 6.07 Å². The number of halogens is 1. The Morgan fingerprint density at radius 3 is 2.62 bits per heavy atom. The summed E-state index contributed by atoms with van der Waals surface area (Å²) < 4.78 is 24.3. The van der Waals surface area contributed by atoms with E-state index in [1.165, 1.54) is 11.8 Å². The molecule has 0 bridgehead atoms.